The Labute approximate surface area is 80.9 Å². The van der Waals surface area contributed by atoms with Gasteiger partial charge in [0.05, 0.1) is 6.54 Å². The fourth-order valence-electron chi connectivity index (χ4n) is 0.977. The van der Waals surface area contributed by atoms with Gasteiger partial charge in [0, 0.05) is 0 Å². The van der Waals surface area contributed by atoms with E-state index in [2.05, 4.69) is 9.36 Å². The summed E-state index contributed by atoms with van der Waals surface area (Å²) in [5.74, 6) is 0.374. The fraction of sp³-hybridized carbons (Fsp3) is 0.600. The van der Waals surface area contributed by atoms with E-state index in [9.17, 15) is 13.2 Å². The molecule has 8 heteroatoms. The Morgan fingerprint density at radius 1 is 1.77 bits per heavy atom. The van der Waals surface area contributed by atoms with Gasteiger partial charge in [0.25, 0.3) is 0 Å². The zero-order valence-corrected chi connectivity index (χ0v) is 8.21. The number of hydrogen-bond acceptors (Lipinski definition) is 5. The highest BCUT2D eigenvalue weighted by Gasteiger charge is 2.25. The van der Waals surface area contributed by atoms with E-state index in [1.54, 1.807) is 6.92 Å². The summed E-state index contributed by atoms with van der Waals surface area (Å²) in [5.41, 5.74) is 0. The van der Waals surface area contributed by atoms with Gasteiger partial charge < -0.3 is 0 Å². The van der Waals surface area contributed by atoms with Gasteiger partial charge in [-0.2, -0.15) is 8.42 Å². The molecule has 13 heavy (non-hydrogen) atoms. The monoisotopic (exact) mass is 223 g/mol. The summed E-state index contributed by atoms with van der Waals surface area (Å²) in [7, 11) is -2.51. The van der Waals surface area contributed by atoms with Crippen molar-refractivity contribution < 1.29 is 13.2 Å². The Kier molecular flexibility index (Phi) is 2.99. The lowest BCUT2D eigenvalue weighted by molar-refractivity contribution is 0.243. The number of halogens is 1. The highest BCUT2D eigenvalue weighted by molar-refractivity contribution is 7.61. The first-order chi connectivity index (χ1) is 6.00. The normalized spacial score (nSPS) is 21.2. The largest absolute Gasteiger partial charge is 0.321 e. The van der Waals surface area contributed by atoms with Crippen LogP contribution in [0.15, 0.2) is 9.36 Å². The zero-order valence-electron chi connectivity index (χ0n) is 6.64. The van der Waals surface area contributed by atoms with Gasteiger partial charge in [0.2, 0.25) is 0 Å². The van der Waals surface area contributed by atoms with Crippen molar-refractivity contribution >= 4 is 33.3 Å². The molecule has 0 aromatic heterocycles. The number of nitrogens with zero attached hydrogens (tertiary/aromatic N) is 3. The Morgan fingerprint density at radius 2 is 2.38 bits per heavy atom. The van der Waals surface area contributed by atoms with Gasteiger partial charge in [0.15, 0.2) is 6.17 Å². The van der Waals surface area contributed by atoms with Gasteiger partial charge in [0.1, 0.15) is 5.84 Å². The maximum atomic E-state index is 10.7. The molecule has 0 bridgehead atoms. The zero-order chi connectivity index (χ0) is 10.0. The van der Waals surface area contributed by atoms with Gasteiger partial charge in [-0.05, 0) is 18.5 Å². The number of amidine groups is 1. The molecule has 1 heterocycles. The third-order valence-electron chi connectivity index (χ3n) is 1.49. The van der Waals surface area contributed by atoms with Crippen molar-refractivity contribution in [3.8, 4) is 0 Å². The number of aliphatic imine (C=N–C) groups is 1. The number of carbonyl (C=O) groups is 1. The molecule has 0 radical (unpaired) electrons. The van der Waals surface area contributed by atoms with Gasteiger partial charge in [-0.25, -0.2) is 4.99 Å². The minimum atomic E-state index is -2.51. The molecule has 1 aliphatic rings. The van der Waals surface area contributed by atoms with Gasteiger partial charge in [-0.1, -0.05) is 0 Å². The van der Waals surface area contributed by atoms with Crippen LogP contribution in [-0.2, 0) is 10.5 Å². The predicted octanol–water partition coefficient (Wildman–Crippen LogP) is 0.468. The van der Waals surface area contributed by atoms with Crippen LogP contribution in [0.4, 0.5) is 4.79 Å². The van der Waals surface area contributed by atoms with E-state index >= 15 is 0 Å². The number of carbonyl (C=O) groups excluding carboxylic acids is 1. The fourth-order valence-corrected chi connectivity index (χ4v) is 1.48. The minimum Gasteiger partial charge on any atom is -0.283 e. The van der Waals surface area contributed by atoms with E-state index < -0.39 is 22.0 Å². The van der Waals surface area contributed by atoms with Crippen LogP contribution in [0.1, 0.15) is 6.92 Å². The van der Waals surface area contributed by atoms with E-state index in [4.69, 9.17) is 11.6 Å². The number of rotatable bonds is 1. The quantitative estimate of drug-likeness (QED) is 0.479. The molecule has 72 valence electrons. The number of amides is 1. The summed E-state index contributed by atoms with van der Waals surface area (Å²) < 4.78 is 23.6. The molecule has 1 atom stereocenters. The molecule has 0 fully saturated rings. The highest BCUT2D eigenvalue weighted by atomic mass is 35.5. The van der Waals surface area contributed by atoms with Crippen molar-refractivity contribution in [3.63, 3.8) is 0 Å². The van der Waals surface area contributed by atoms with Gasteiger partial charge >= 0.3 is 15.9 Å². The average Bonchev–Trinajstić information content (AvgIpc) is 2.29. The summed E-state index contributed by atoms with van der Waals surface area (Å²) >= 11 is 5.19. The van der Waals surface area contributed by atoms with Gasteiger partial charge in [-0.15, -0.1) is 4.36 Å². The average molecular weight is 224 g/mol. The molecule has 0 aliphatic carbocycles. The van der Waals surface area contributed by atoms with E-state index in [0.717, 1.165) is 4.90 Å². The first-order valence-electron chi connectivity index (χ1n) is 3.32. The van der Waals surface area contributed by atoms with Crippen molar-refractivity contribution in [1.82, 2.24) is 4.90 Å². The highest BCUT2D eigenvalue weighted by Crippen LogP contribution is 2.12. The third-order valence-corrected chi connectivity index (χ3v) is 2.11. The minimum absolute atomic E-state index is 0.0855. The summed E-state index contributed by atoms with van der Waals surface area (Å²) in [6.07, 6.45) is -0.749. The molecule has 0 saturated carbocycles. The van der Waals surface area contributed by atoms with E-state index in [-0.39, 0.29) is 6.54 Å². The van der Waals surface area contributed by atoms with Crippen LogP contribution in [0.2, 0.25) is 0 Å². The molecule has 0 spiro atoms. The standard InChI is InChI=1S/C5H6ClN3O3S/c1-3-7-4(8-13(11)12)2-9(3)5(6)10/h4H,2H2,1H3. The Hall–Kier alpha value is -0.950. The van der Waals surface area contributed by atoms with Crippen molar-refractivity contribution in [2.24, 2.45) is 9.36 Å². The molecule has 0 N–H and O–H groups in total. The Bertz CT molecular complexity index is 380. The molecule has 0 aromatic carbocycles. The van der Waals surface area contributed by atoms with Crippen LogP contribution < -0.4 is 0 Å². The van der Waals surface area contributed by atoms with Crippen LogP contribution in [0.3, 0.4) is 0 Å². The van der Waals surface area contributed by atoms with E-state index in [1.807, 2.05) is 0 Å². The molecule has 1 amide bonds. The van der Waals surface area contributed by atoms with Crippen LogP contribution >= 0.6 is 11.6 Å². The third kappa shape index (κ3) is 2.49. The first kappa shape index (κ1) is 10.1. The Morgan fingerprint density at radius 3 is 2.77 bits per heavy atom. The molecule has 1 rings (SSSR count). The maximum absolute atomic E-state index is 10.7. The van der Waals surface area contributed by atoms with Crippen molar-refractivity contribution in [2.75, 3.05) is 6.54 Å². The van der Waals surface area contributed by atoms with Crippen molar-refractivity contribution in [2.45, 2.75) is 13.1 Å². The van der Waals surface area contributed by atoms with Crippen LogP contribution in [0.25, 0.3) is 0 Å². The van der Waals surface area contributed by atoms with E-state index in [1.165, 1.54) is 0 Å². The molecule has 6 nitrogen and oxygen atoms in total. The van der Waals surface area contributed by atoms with E-state index in [0.29, 0.717) is 5.84 Å². The van der Waals surface area contributed by atoms with Gasteiger partial charge in [-0.3, -0.25) is 9.69 Å². The topological polar surface area (TPSA) is 79.2 Å². The maximum Gasteiger partial charge on any atom is 0.321 e. The van der Waals surface area contributed by atoms with Crippen LogP contribution in [0, 0.1) is 0 Å². The smallest absolute Gasteiger partial charge is 0.283 e. The summed E-state index contributed by atoms with van der Waals surface area (Å²) in [6.45, 7) is 1.64. The molecular formula is C5H6ClN3O3S. The second-order valence-electron chi connectivity index (χ2n) is 2.34. The van der Waals surface area contributed by atoms with Crippen molar-refractivity contribution in [3.05, 3.63) is 0 Å². The first-order valence-corrected chi connectivity index (χ1v) is 4.73. The molecular weight excluding hydrogens is 218 g/mol. The molecule has 1 unspecified atom stereocenters. The van der Waals surface area contributed by atoms with Crippen LogP contribution in [0.5, 0.6) is 0 Å². The SMILES string of the molecule is CC1=NC(N=S(=O)=O)CN1C(=O)Cl. The predicted molar refractivity (Wildman–Crippen MR) is 46.2 cm³/mol. The summed E-state index contributed by atoms with van der Waals surface area (Å²) in [4.78, 5) is 15.7. The van der Waals surface area contributed by atoms with Crippen LogP contribution in [-0.4, -0.2) is 37.2 Å². The van der Waals surface area contributed by atoms with Crippen molar-refractivity contribution in [1.29, 1.82) is 0 Å². The lowest BCUT2D eigenvalue weighted by Gasteiger charge is -2.10. The lowest BCUT2D eigenvalue weighted by atomic mass is 10.5. The number of hydrogen-bond donors (Lipinski definition) is 0. The molecule has 1 aliphatic heterocycles. The second-order valence-corrected chi connectivity index (χ2v) is 3.31. The second kappa shape index (κ2) is 3.84. The molecule has 0 aromatic rings. The Balaban J connectivity index is 2.82. The summed E-state index contributed by atoms with van der Waals surface area (Å²) in [5, 5.41) is -0.685. The summed E-state index contributed by atoms with van der Waals surface area (Å²) in [6, 6.07) is 0. The molecule has 0 saturated heterocycles. The lowest BCUT2D eigenvalue weighted by Crippen LogP contribution is -2.29.